The second-order valence-electron chi connectivity index (χ2n) is 3.52. The fraction of sp³-hybridized carbons (Fsp3) is 0.0769. The highest BCUT2D eigenvalue weighted by atomic mass is 16.5. The standard InChI is InChI=1S/C13H13NO/c1-10-6-8-11(9-7-10)12-4-2-3-5-13(12)14-15/h2-9,14-15H,1H3. The summed E-state index contributed by atoms with van der Waals surface area (Å²) < 4.78 is 0. The van der Waals surface area contributed by atoms with Gasteiger partial charge in [-0.3, -0.25) is 10.7 Å². The van der Waals surface area contributed by atoms with Gasteiger partial charge in [0.2, 0.25) is 0 Å². The fourth-order valence-corrected chi connectivity index (χ4v) is 1.57. The predicted octanol–water partition coefficient (Wildman–Crippen LogP) is 3.46. The van der Waals surface area contributed by atoms with E-state index in [-0.39, 0.29) is 0 Å². The summed E-state index contributed by atoms with van der Waals surface area (Å²) in [5.74, 6) is 0. The van der Waals surface area contributed by atoms with E-state index in [0.29, 0.717) is 0 Å². The summed E-state index contributed by atoms with van der Waals surface area (Å²) in [6.45, 7) is 2.06. The van der Waals surface area contributed by atoms with Crippen LogP contribution in [-0.4, -0.2) is 5.21 Å². The highest BCUT2D eigenvalue weighted by molar-refractivity contribution is 5.77. The van der Waals surface area contributed by atoms with E-state index in [4.69, 9.17) is 5.21 Å². The van der Waals surface area contributed by atoms with Crippen molar-refractivity contribution in [3.05, 3.63) is 54.1 Å². The molecule has 2 aromatic carbocycles. The number of benzene rings is 2. The molecular weight excluding hydrogens is 186 g/mol. The van der Waals surface area contributed by atoms with E-state index in [1.54, 1.807) is 0 Å². The number of hydrogen-bond acceptors (Lipinski definition) is 2. The van der Waals surface area contributed by atoms with Crippen LogP contribution in [0.15, 0.2) is 48.5 Å². The largest absolute Gasteiger partial charge is 0.291 e. The molecule has 0 amide bonds. The van der Waals surface area contributed by atoms with E-state index in [0.717, 1.165) is 16.8 Å². The number of hydrogen-bond donors (Lipinski definition) is 2. The van der Waals surface area contributed by atoms with Gasteiger partial charge in [-0.1, -0.05) is 48.0 Å². The van der Waals surface area contributed by atoms with Crippen LogP contribution in [0, 0.1) is 6.92 Å². The molecule has 0 heterocycles. The lowest BCUT2D eigenvalue weighted by Crippen LogP contribution is -1.92. The minimum Gasteiger partial charge on any atom is -0.291 e. The Morgan fingerprint density at radius 2 is 1.60 bits per heavy atom. The molecule has 0 aliphatic carbocycles. The van der Waals surface area contributed by atoms with Crippen LogP contribution in [0.2, 0.25) is 0 Å². The van der Waals surface area contributed by atoms with Crippen LogP contribution in [0.25, 0.3) is 11.1 Å². The zero-order valence-electron chi connectivity index (χ0n) is 8.57. The lowest BCUT2D eigenvalue weighted by Gasteiger charge is -2.07. The van der Waals surface area contributed by atoms with Crippen LogP contribution < -0.4 is 5.48 Å². The zero-order chi connectivity index (χ0) is 10.7. The smallest absolute Gasteiger partial charge is 0.0680 e. The van der Waals surface area contributed by atoms with Gasteiger partial charge in [0, 0.05) is 5.56 Å². The van der Waals surface area contributed by atoms with Gasteiger partial charge in [-0.05, 0) is 18.6 Å². The molecule has 0 saturated heterocycles. The molecule has 0 aliphatic heterocycles. The second-order valence-corrected chi connectivity index (χ2v) is 3.52. The number of aryl methyl sites for hydroxylation is 1. The molecule has 76 valence electrons. The van der Waals surface area contributed by atoms with Crippen molar-refractivity contribution >= 4 is 5.69 Å². The Labute approximate surface area is 89.2 Å². The molecule has 0 saturated carbocycles. The van der Waals surface area contributed by atoms with E-state index < -0.39 is 0 Å². The molecule has 0 radical (unpaired) electrons. The van der Waals surface area contributed by atoms with E-state index >= 15 is 0 Å². The van der Waals surface area contributed by atoms with Gasteiger partial charge < -0.3 is 0 Å². The van der Waals surface area contributed by atoms with Gasteiger partial charge in [0.25, 0.3) is 0 Å². The average molecular weight is 199 g/mol. The second kappa shape index (κ2) is 4.15. The molecule has 2 nitrogen and oxygen atoms in total. The van der Waals surface area contributed by atoms with Gasteiger partial charge in [-0.15, -0.1) is 0 Å². The monoisotopic (exact) mass is 199 g/mol. The quantitative estimate of drug-likeness (QED) is 0.726. The number of anilines is 1. The summed E-state index contributed by atoms with van der Waals surface area (Å²) in [5.41, 5.74) is 6.26. The highest BCUT2D eigenvalue weighted by Crippen LogP contribution is 2.27. The van der Waals surface area contributed by atoms with Crippen molar-refractivity contribution in [2.75, 3.05) is 5.48 Å². The summed E-state index contributed by atoms with van der Waals surface area (Å²) in [7, 11) is 0. The van der Waals surface area contributed by atoms with Crippen molar-refractivity contribution in [1.82, 2.24) is 0 Å². The summed E-state index contributed by atoms with van der Waals surface area (Å²) in [6.07, 6.45) is 0. The molecule has 0 atom stereocenters. The third-order valence-electron chi connectivity index (χ3n) is 2.41. The lowest BCUT2D eigenvalue weighted by molar-refractivity contribution is 0.389. The normalized spacial score (nSPS) is 10.0. The minimum absolute atomic E-state index is 0.723. The van der Waals surface area contributed by atoms with Gasteiger partial charge in [-0.25, -0.2) is 0 Å². The topological polar surface area (TPSA) is 32.3 Å². The van der Waals surface area contributed by atoms with Crippen LogP contribution >= 0.6 is 0 Å². The first kappa shape index (κ1) is 9.74. The molecule has 2 aromatic rings. The zero-order valence-corrected chi connectivity index (χ0v) is 8.57. The van der Waals surface area contributed by atoms with Crippen molar-refractivity contribution < 1.29 is 5.21 Å². The molecule has 2 heteroatoms. The van der Waals surface area contributed by atoms with Crippen molar-refractivity contribution in [3.63, 3.8) is 0 Å². The molecule has 0 spiro atoms. The molecule has 0 unspecified atom stereocenters. The van der Waals surface area contributed by atoms with Gasteiger partial charge in [0.1, 0.15) is 0 Å². The summed E-state index contributed by atoms with van der Waals surface area (Å²) in [4.78, 5) is 0. The van der Waals surface area contributed by atoms with Crippen LogP contribution in [-0.2, 0) is 0 Å². The highest BCUT2D eigenvalue weighted by Gasteiger charge is 2.02. The Hall–Kier alpha value is -1.80. The Balaban J connectivity index is 2.49. The molecule has 0 aliphatic rings. The van der Waals surface area contributed by atoms with Crippen LogP contribution in [0.4, 0.5) is 5.69 Å². The first-order valence-electron chi connectivity index (χ1n) is 4.87. The van der Waals surface area contributed by atoms with Crippen LogP contribution in [0.5, 0.6) is 0 Å². The average Bonchev–Trinajstić information content (AvgIpc) is 2.30. The van der Waals surface area contributed by atoms with Crippen molar-refractivity contribution in [2.24, 2.45) is 0 Å². The fourth-order valence-electron chi connectivity index (χ4n) is 1.57. The van der Waals surface area contributed by atoms with Crippen LogP contribution in [0.3, 0.4) is 0 Å². The van der Waals surface area contributed by atoms with Gasteiger partial charge >= 0.3 is 0 Å². The predicted molar refractivity (Wildman–Crippen MR) is 62.0 cm³/mol. The lowest BCUT2D eigenvalue weighted by atomic mass is 10.0. The number of rotatable bonds is 2. The Bertz CT molecular complexity index is 448. The Morgan fingerprint density at radius 1 is 0.933 bits per heavy atom. The Kier molecular flexibility index (Phi) is 2.70. The van der Waals surface area contributed by atoms with Gasteiger partial charge in [0.15, 0.2) is 0 Å². The molecule has 0 bridgehead atoms. The van der Waals surface area contributed by atoms with Crippen molar-refractivity contribution in [2.45, 2.75) is 6.92 Å². The maximum atomic E-state index is 8.98. The van der Waals surface area contributed by atoms with E-state index in [1.807, 2.05) is 36.4 Å². The summed E-state index contributed by atoms with van der Waals surface area (Å²) >= 11 is 0. The number of para-hydroxylation sites is 1. The molecule has 15 heavy (non-hydrogen) atoms. The van der Waals surface area contributed by atoms with E-state index in [2.05, 4.69) is 24.5 Å². The van der Waals surface area contributed by atoms with Crippen molar-refractivity contribution in [3.8, 4) is 11.1 Å². The third-order valence-corrected chi connectivity index (χ3v) is 2.41. The maximum absolute atomic E-state index is 8.98. The summed E-state index contributed by atoms with van der Waals surface area (Å²) in [5, 5.41) is 8.98. The Morgan fingerprint density at radius 3 is 2.27 bits per heavy atom. The minimum atomic E-state index is 0.723. The van der Waals surface area contributed by atoms with Crippen LogP contribution in [0.1, 0.15) is 5.56 Å². The first-order chi connectivity index (χ1) is 7.31. The van der Waals surface area contributed by atoms with Crippen molar-refractivity contribution in [1.29, 1.82) is 0 Å². The van der Waals surface area contributed by atoms with E-state index in [1.165, 1.54) is 5.56 Å². The molecule has 2 N–H and O–H groups in total. The summed E-state index contributed by atoms with van der Waals surface area (Å²) in [6, 6.07) is 15.9. The van der Waals surface area contributed by atoms with E-state index in [9.17, 15) is 0 Å². The third kappa shape index (κ3) is 2.00. The number of nitrogens with one attached hydrogen (secondary N) is 1. The molecule has 2 rings (SSSR count). The van der Waals surface area contributed by atoms with Gasteiger partial charge in [0.05, 0.1) is 5.69 Å². The SMILES string of the molecule is Cc1ccc(-c2ccccc2NO)cc1. The molecule has 0 aromatic heterocycles. The molecule has 0 fully saturated rings. The molecular formula is C13H13NO. The van der Waals surface area contributed by atoms with Gasteiger partial charge in [-0.2, -0.15) is 0 Å². The first-order valence-corrected chi connectivity index (χ1v) is 4.87. The maximum Gasteiger partial charge on any atom is 0.0680 e.